The molecule has 0 aliphatic rings. The molecule has 10 heteroatoms. The van der Waals surface area contributed by atoms with Crippen LogP contribution in [0.4, 0.5) is 5.69 Å². The van der Waals surface area contributed by atoms with Gasteiger partial charge < -0.3 is 10.2 Å². The number of amides is 2. The molecular formula is C16H18BrN3O4S2. The van der Waals surface area contributed by atoms with Crippen molar-refractivity contribution < 1.29 is 18.0 Å². The maximum Gasteiger partial charge on any atom is 0.264 e. The van der Waals surface area contributed by atoms with Crippen molar-refractivity contribution in [2.45, 2.75) is 4.90 Å². The molecule has 0 bridgehead atoms. The molecule has 0 aliphatic heterocycles. The van der Waals surface area contributed by atoms with Gasteiger partial charge in [-0.3, -0.25) is 9.59 Å². The predicted molar refractivity (Wildman–Crippen MR) is 105 cm³/mol. The molecular weight excluding hydrogens is 442 g/mol. The number of halogens is 1. The molecule has 1 N–H and O–H groups in total. The van der Waals surface area contributed by atoms with E-state index in [1.165, 1.54) is 49.5 Å². The van der Waals surface area contributed by atoms with Crippen LogP contribution < -0.4 is 5.32 Å². The Balaban J connectivity index is 2.12. The first-order valence-electron chi connectivity index (χ1n) is 7.45. The smallest absolute Gasteiger partial charge is 0.264 e. The molecule has 1 aromatic heterocycles. The van der Waals surface area contributed by atoms with E-state index in [1.54, 1.807) is 24.3 Å². The highest BCUT2D eigenvalue weighted by Crippen LogP contribution is 2.24. The molecule has 7 nitrogen and oxygen atoms in total. The van der Waals surface area contributed by atoms with E-state index >= 15 is 0 Å². The highest BCUT2D eigenvalue weighted by atomic mass is 79.9. The minimum Gasteiger partial charge on any atom is -0.332 e. The average Bonchev–Trinajstić information content (AvgIpc) is 3.00. The van der Waals surface area contributed by atoms with Gasteiger partial charge in [0.2, 0.25) is 15.9 Å². The van der Waals surface area contributed by atoms with Gasteiger partial charge in [-0.2, -0.15) is 0 Å². The lowest BCUT2D eigenvalue weighted by Crippen LogP contribution is -2.35. The first-order chi connectivity index (χ1) is 12.1. The molecule has 0 spiro atoms. The summed E-state index contributed by atoms with van der Waals surface area (Å²) >= 11 is 4.56. The molecule has 1 aromatic carbocycles. The van der Waals surface area contributed by atoms with Gasteiger partial charge >= 0.3 is 0 Å². The Kier molecular flexibility index (Phi) is 6.56. The normalized spacial score (nSPS) is 11.4. The van der Waals surface area contributed by atoms with Gasteiger partial charge in [0.1, 0.15) is 4.90 Å². The van der Waals surface area contributed by atoms with Gasteiger partial charge in [-0.15, -0.1) is 11.3 Å². The summed E-state index contributed by atoms with van der Waals surface area (Å²) in [6.45, 7) is -0.204. The van der Waals surface area contributed by atoms with Gasteiger partial charge in [-0.1, -0.05) is 12.1 Å². The van der Waals surface area contributed by atoms with E-state index in [0.717, 1.165) is 8.09 Å². The maximum atomic E-state index is 12.4. The second kappa shape index (κ2) is 8.30. The Bertz CT molecular complexity index is 925. The van der Waals surface area contributed by atoms with Crippen LogP contribution in [-0.4, -0.2) is 57.1 Å². The second-order valence-corrected chi connectivity index (χ2v) is 10.2. The summed E-state index contributed by atoms with van der Waals surface area (Å²) in [6.07, 6.45) is 0. The third-order valence-corrected chi connectivity index (χ3v) is 6.92. The Morgan fingerprint density at radius 3 is 2.35 bits per heavy atom. The average molecular weight is 460 g/mol. The quantitative estimate of drug-likeness (QED) is 0.718. The van der Waals surface area contributed by atoms with E-state index in [1.807, 2.05) is 0 Å². The van der Waals surface area contributed by atoms with Crippen molar-refractivity contribution in [2.24, 2.45) is 0 Å². The topological polar surface area (TPSA) is 86.8 Å². The van der Waals surface area contributed by atoms with Crippen LogP contribution in [0.5, 0.6) is 0 Å². The number of hydrogen-bond donors (Lipinski definition) is 1. The van der Waals surface area contributed by atoms with E-state index in [4.69, 9.17) is 0 Å². The molecule has 2 aromatic rings. The molecule has 140 valence electrons. The number of para-hydroxylation sites is 1. The van der Waals surface area contributed by atoms with Crippen LogP contribution >= 0.6 is 27.3 Å². The molecule has 2 rings (SSSR count). The molecule has 0 aliphatic carbocycles. The number of thiophene rings is 1. The number of anilines is 1. The number of benzene rings is 1. The monoisotopic (exact) mass is 459 g/mol. The zero-order valence-electron chi connectivity index (χ0n) is 14.4. The highest BCUT2D eigenvalue weighted by molar-refractivity contribution is 9.11. The third kappa shape index (κ3) is 4.70. The molecule has 0 saturated heterocycles. The van der Waals surface area contributed by atoms with E-state index < -0.39 is 15.9 Å². The van der Waals surface area contributed by atoms with Crippen molar-refractivity contribution >= 4 is 54.8 Å². The summed E-state index contributed by atoms with van der Waals surface area (Å²) in [7, 11) is 0.641. The van der Waals surface area contributed by atoms with Crippen LogP contribution in [0.2, 0.25) is 0 Å². The van der Waals surface area contributed by atoms with Gasteiger partial charge in [-0.05, 0) is 40.2 Å². The maximum absolute atomic E-state index is 12.4. The largest absolute Gasteiger partial charge is 0.332 e. The SMILES string of the molecule is CN(CC(=O)Nc1ccccc1S(=O)(=O)N(C)C)C(=O)c1ccc(Br)s1. The summed E-state index contributed by atoms with van der Waals surface area (Å²) in [5.74, 6) is -0.775. The number of sulfonamides is 1. The number of hydrogen-bond acceptors (Lipinski definition) is 5. The zero-order chi connectivity index (χ0) is 19.5. The lowest BCUT2D eigenvalue weighted by molar-refractivity contribution is -0.116. The van der Waals surface area contributed by atoms with Crippen LogP contribution in [0.3, 0.4) is 0 Å². The highest BCUT2D eigenvalue weighted by Gasteiger charge is 2.23. The van der Waals surface area contributed by atoms with Gasteiger partial charge in [0.05, 0.1) is 20.9 Å². The predicted octanol–water partition coefficient (Wildman–Crippen LogP) is 2.47. The van der Waals surface area contributed by atoms with Crippen LogP contribution in [0.1, 0.15) is 9.67 Å². The zero-order valence-corrected chi connectivity index (χ0v) is 17.6. The minimum absolute atomic E-state index is 0.00508. The van der Waals surface area contributed by atoms with Crippen LogP contribution in [0.15, 0.2) is 45.1 Å². The molecule has 2 amide bonds. The fourth-order valence-electron chi connectivity index (χ4n) is 2.09. The Morgan fingerprint density at radius 2 is 1.77 bits per heavy atom. The lowest BCUT2D eigenvalue weighted by Gasteiger charge is -2.18. The standard InChI is InChI=1S/C16H18BrN3O4S2/c1-19(2)26(23,24)13-7-5-4-6-11(13)18-15(21)10-20(3)16(22)12-8-9-14(17)25-12/h4-9H,10H2,1-3H3,(H,18,21). The molecule has 0 unspecified atom stereocenters. The van der Waals surface area contributed by atoms with E-state index in [9.17, 15) is 18.0 Å². The van der Waals surface area contributed by atoms with Crippen molar-refractivity contribution in [3.8, 4) is 0 Å². The fourth-order valence-corrected chi connectivity index (χ4v) is 4.51. The van der Waals surface area contributed by atoms with E-state index in [0.29, 0.717) is 4.88 Å². The number of likely N-dealkylation sites (N-methyl/N-ethyl adjacent to an activating group) is 1. The van der Waals surface area contributed by atoms with E-state index in [-0.39, 0.29) is 23.0 Å². The third-order valence-electron chi connectivity index (χ3n) is 3.43. The Morgan fingerprint density at radius 1 is 1.12 bits per heavy atom. The first-order valence-corrected chi connectivity index (χ1v) is 10.5. The number of carbonyl (C=O) groups excluding carboxylic acids is 2. The summed E-state index contributed by atoms with van der Waals surface area (Å²) in [4.78, 5) is 26.4. The Labute approximate surface area is 164 Å². The van der Waals surface area contributed by atoms with Crippen molar-refractivity contribution in [2.75, 3.05) is 33.0 Å². The first kappa shape index (κ1) is 20.6. The van der Waals surface area contributed by atoms with Crippen molar-refractivity contribution in [1.82, 2.24) is 9.21 Å². The summed E-state index contributed by atoms with van der Waals surface area (Å²) in [6, 6.07) is 9.56. The van der Waals surface area contributed by atoms with Gasteiger partial charge in [0.15, 0.2) is 0 Å². The number of rotatable bonds is 6. The summed E-state index contributed by atoms with van der Waals surface area (Å²) < 4.78 is 26.6. The Hall–Kier alpha value is -1.75. The van der Waals surface area contributed by atoms with Crippen LogP contribution in [0, 0.1) is 0 Å². The molecule has 0 atom stereocenters. The van der Waals surface area contributed by atoms with Crippen LogP contribution in [0.25, 0.3) is 0 Å². The summed E-state index contributed by atoms with van der Waals surface area (Å²) in [5, 5.41) is 2.57. The van der Waals surface area contributed by atoms with Crippen molar-refractivity contribution in [3.05, 3.63) is 45.1 Å². The van der Waals surface area contributed by atoms with Crippen molar-refractivity contribution in [1.29, 1.82) is 0 Å². The second-order valence-electron chi connectivity index (χ2n) is 5.60. The van der Waals surface area contributed by atoms with E-state index in [2.05, 4.69) is 21.2 Å². The number of nitrogens with one attached hydrogen (secondary N) is 1. The molecule has 0 fully saturated rings. The molecule has 0 saturated carbocycles. The van der Waals surface area contributed by atoms with Crippen molar-refractivity contribution in [3.63, 3.8) is 0 Å². The van der Waals surface area contributed by atoms with Crippen LogP contribution in [-0.2, 0) is 14.8 Å². The van der Waals surface area contributed by atoms with Gasteiger partial charge in [0, 0.05) is 21.1 Å². The summed E-state index contributed by atoms with van der Waals surface area (Å²) in [5.41, 5.74) is 0.172. The minimum atomic E-state index is -3.70. The van der Waals surface area contributed by atoms with Gasteiger partial charge in [0.25, 0.3) is 5.91 Å². The molecule has 0 radical (unpaired) electrons. The number of nitrogens with zero attached hydrogens (tertiary/aromatic N) is 2. The van der Waals surface area contributed by atoms with Gasteiger partial charge in [-0.25, -0.2) is 12.7 Å². The number of carbonyl (C=O) groups is 2. The fraction of sp³-hybridized carbons (Fsp3) is 0.250. The lowest BCUT2D eigenvalue weighted by atomic mass is 10.3. The molecule has 26 heavy (non-hydrogen) atoms. The molecule has 1 heterocycles.